The van der Waals surface area contributed by atoms with E-state index in [1.807, 2.05) is 38.1 Å². The van der Waals surface area contributed by atoms with E-state index in [1.165, 1.54) is 11.8 Å². The highest BCUT2D eigenvalue weighted by atomic mass is 32.2. The smallest absolute Gasteiger partial charge is 0.242 e. The Bertz CT molecular complexity index is 663. The van der Waals surface area contributed by atoms with Gasteiger partial charge in [0.1, 0.15) is 11.0 Å². The minimum Gasteiger partial charge on any atom is -0.491 e. The summed E-state index contributed by atoms with van der Waals surface area (Å²) in [5.41, 5.74) is 0.638. The van der Waals surface area contributed by atoms with Gasteiger partial charge in [0.15, 0.2) is 5.17 Å². The number of amides is 2. The van der Waals surface area contributed by atoms with Crippen LogP contribution >= 0.6 is 11.8 Å². The number of anilines is 1. The molecule has 1 saturated heterocycles. The van der Waals surface area contributed by atoms with Crippen molar-refractivity contribution >= 4 is 34.4 Å². The molecule has 1 aliphatic heterocycles. The molecule has 0 aliphatic carbocycles. The van der Waals surface area contributed by atoms with Crippen LogP contribution in [-0.4, -0.2) is 46.8 Å². The zero-order valence-corrected chi connectivity index (χ0v) is 16.5. The predicted molar refractivity (Wildman–Crippen MR) is 107 cm³/mol. The number of unbranched alkanes of at least 4 members (excludes halogenated alkanes) is 1. The largest absolute Gasteiger partial charge is 0.491 e. The number of carbonyl (C=O) groups is 2. The molecule has 6 nitrogen and oxygen atoms in total. The van der Waals surface area contributed by atoms with Crippen LogP contribution < -0.4 is 10.1 Å². The van der Waals surface area contributed by atoms with Crippen molar-refractivity contribution in [2.24, 2.45) is 4.99 Å². The molecule has 1 aliphatic rings. The minimum absolute atomic E-state index is 0.0488. The van der Waals surface area contributed by atoms with Crippen LogP contribution in [0.15, 0.2) is 29.3 Å². The van der Waals surface area contributed by atoms with E-state index >= 15 is 0 Å². The zero-order chi connectivity index (χ0) is 18.9. The first-order valence-corrected chi connectivity index (χ1v) is 10.0. The number of para-hydroxylation sites is 2. The molecule has 0 bridgehead atoms. The third-order valence-electron chi connectivity index (χ3n) is 3.92. The van der Waals surface area contributed by atoms with E-state index in [0.29, 0.717) is 36.3 Å². The Morgan fingerprint density at radius 1 is 1.31 bits per heavy atom. The molecule has 1 aromatic carbocycles. The van der Waals surface area contributed by atoms with E-state index < -0.39 is 5.25 Å². The fourth-order valence-corrected chi connectivity index (χ4v) is 3.85. The van der Waals surface area contributed by atoms with Gasteiger partial charge in [0.2, 0.25) is 11.8 Å². The summed E-state index contributed by atoms with van der Waals surface area (Å²) >= 11 is 1.37. The molecule has 1 aromatic rings. The summed E-state index contributed by atoms with van der Waals surface area (Å²) in [5.74, 6) is 0.409. The lowest BCUT2D eigenvalue weighted by Gasteiger charge is -2.14. The highest BCUT2D eigenvalue weighted by Gasteiger charge is 2.38. The summed E-state index contributed by atoms with van der Waals surface area (Å²) in [4.78, 5) is 30.9. The van der Waals surface area contributed by atoms with Crippen LogP contribution in [0.25, 0.3) is 0 Å². The standard InChI is InChI=1S/C19H27N3O3S/c1-4-7-12-25-15-11-9-8-10-14(15)21-17(23)13-16-18(24)22(6-3)19(26-16)20-5-2/h8-11,16H,4-7,12-13H2,1-3H3,(H,21,23)/t16-/m0/s1. The molecule has 142 valence electrons. The van der Waals surface area contributed by atoms with Crippen molar-refractivity contribution in [3.05, 3.63) is 24.3 Å². The highest BCUT2D eigenvalue weighted by molar-refractivity contribution is 8.15. The number of aliphatic imine (C=N–C) groups is 1. The van der Waals surface area contributed by atoms with Gasteiger partial charge in [-0.05, 0) is 32.4 Å². The average Bonchev–Trinajstić information content (AvgIpc) is 2.91. The summed E-state index contributed by atoms with van der Waals surface area (Å²) in [6.07, 6.45) is 2.12. The number of nitrogens with zero attached hydrogens (tertiary/aromatic N) is 2. The van der Waals surface area contributed by atoms with Crippen LogP contribution in [0, 0.1) is 0 Å². The Morgan fingerprint density at radius 3 is 2.77 bits per heavy atom. The molecule has 0 radical (unpaired) electrons. The Hall–Kier alpha value is -2.02. The normalized spacial score (nSPS) is 18.4. The second-order valence-corrected chi connectivity index (χ2v) is 7.07. The van der Waals surface area contributed by atoms with Crippen molar-refractivity contribution in [1.82, 2.24) is 4.90 Å². The van der Waals surface area contributed by atoms with Gasteiger partial charge >= 0.3 is 0 Å². The van der Waals surface area contributed by atoms with Crippen molar-refractivity contribution in [3.63, 3.8) is 0 Å². The number of rotatable bonds is 9. The number of hydrogen-bond acceptors (Lipinski definition) is 5. The SMILES string of the molecule is CCCCOc1ccccc1NC(=O)C[C@@H]1SC(=NCC)N(CC)C1=O. The van der Waals surface area contributed by atoms with Crippen molar-refractivity contribution in [3.8, 4) is 5.75 Å². The van der Waals surface area contributed by atoms with E-state index in [2.05, 4.69) is 17.2 Å². The van der Waals surface area contributed by atoms with E-state index in [-0.39, 0.29) is 18.2 Å². The summed E-state index contributed by atoms with van der Waals surface area (Å²) in [5, 5.41) is 3.16. The first kappa shape index (κ1) is 20.3. The fourth-order valence-electron chi connectivity index (χ4n) is 2.58. The van der Waals surface area contributed by atoms with Crippen molar-refractivity contribution in [1.29, 1.82) is 0 Å². The summed E-state index contributed by atoms with van der Waals surface area (Å²) in [6, 6.07) is 7.37. The van der Waals surface area contributed by atoms with Crippen molar-refractivity contribution in [2.75, 3.05) is 25.0 Å². The first-order valence-electron chi connectivity index (χ1n) is 9.14. The third kappa shape index (κ3) is 5.24. The van der Waals surface area contributed by atoms with Crippen molar-refractivity contribution < 1.29 is 14.3 Å². The molecule has 1 atom stereocenters. The lowest BCUT2D eigenvalue weighted by molar-refractivity contribution is -0.128. The molecule has 2 rings (SSSR count). The van der Waals surface area contributed by atoms with Crippen LogP contribution in [0.4, 0.5) is 5.69 Å². The molecule has 1 fully saturated rings. The van der Waals surface area contributed by atoms with E-state index in [9.17, 15) is 9.59 Å². The summed E-state index contributed by atoms with van der Waals surface area (Å²) in [6.45, 7) is 7.74. The molecule has 0 aromatic heterocycles. The van der Waals surface area contributed by atoms with E-state index in [0.717, 1.165) is 12.8 Å². The molecular weight excluding hydrogens is 350 g/mol. The first-order chi connectivity index (χ1) is 12.6. The van der Waals surface area contributed by atoms with Crippen molar-refractivity contribution in [2.45, 2.75) is 45.3 Å². The molecule has 0 unspecified atom stereocenters. The fraction of sp³-hybridized carbons (Fsp3) is 0.526. The number of amidine groups is 1. The molecule has 0 saturated carbocycles. The van der Waals surface area contributed by atoms with Gasteiger partial charge in [-0.15, -0.1) is 0 Å². The third-order valence-corrected chi connectivity index (χ3v) is 5.13. The number of carbonyl (C=O) groups excluding carboxylic acids is 2. The van der Waals surface area contributed by atoms with Gasteiger partial charge < -0.3 is 10.1 Å². The van der Waals surface area contributed by atoms with Gasteiger partial charge in [-0.3, -0.25) is 19.5 Å². The van der Waals surface area contributed by atoms with Crippen LogP contribution in [0.3, 0.4) is 0 Å². The molecular formula is C19H27N3O3S. The minimum atomic E-state index is -0.423. The molecule has 7 heteroatoms. The number of thioether (sulfide) groups is 1. The predicted octanol–water partition coefficient (Wildman–Crippen LogP) is 3.53. The number of ether oxygens (including phenoxy) is 1. The van der Waals surface area contributed by atoms with Crippen LogP contribution in [-0.2, 0) is 9.59 Å². The van der Waals surface area contributed by atoms with Gasteiger partial charge in [-0.2, -0.15) is 0 Å². The zero-order valence-electron chi connectivity index (χ0n) is 15.7. The maximum Gasteiger partial charge on any atom is 0.242 e. The topological polar surface area (TPSA) is 71.0 Å². The molecule has 2 amide bonds. The second-order valence-electron chi connectivity index (χ2n) is 5.90. The second kappa shape index (κ2) is 10.2. The lowest BCUT2D eigenvalue weighted by Crippen LogP contribution is -2.33. The quantitative estimate of drug-likeness (QED) is 0.668. The van der Waals surface area contributed by atoms with Crippen LogP contribution in [0.2, 0.25) is 0 Å². The van der Waals surface area contributed by atoms with E-state index in [4.69, 9.17) is 4.74 Å². The highest BCUT2D eigenvalue weighted by Crippen LogP contribution is 2.30. The molecule has 1 N–H and O–H groups in total. The van der Waals surface area contributed by atoms with E-state index in [1.54, 1.807) is 4.90 Å². The molecule has 1 heterocycles. The Labute approximate surface area is 159 Å². The van der Waals surface area contributed by atoms with Gasteiger partial charge in [0.25, 0.3) is 0 Å². The lowest BCUT2D eigenvalue weighted by atomic mass is 10.2. The van der Waals surface area contributed by atoms with Crippen LogP contribution in [0.1, 0.15) is 40.0 Å². The van der Waals surface area contributed by atoms with Crippen LogP contribution in [0.5, 0.6) is 5.75 Å². The maximum absolute atomic E-state index is 12.5. The molecule has 0 spiro atoms. The Kier molecular flexibility index (Phi) is 7.97. The van der Waals surface area contributed by atoms with Gasteiger partial charge in [0, 0.05) is 19.5 Å². The summed E-state index contributed by atoms with van der Waals surface area (Å²) < 4.78 is 5.74. The maximum atomic E-state index is 12.5. The summed E-state index contributed by atoms with van der Waals surface area (Å²) in [7, 11) is 0. The van der Waals surface area contributed by atoms with Gasteiger partial charge in [-0.25, -0.2) is 0 Å². The van der Waals surface area contributed by atoms with Gasteiger partial charge in [0.05, 0.1) is 12.3 Å². The Morgan fingerprint density at radius 2 is 2.08 bits per heavy atom. The average molecular weight is 378 g/mol. The monoisotopic (exact) mass is 377 g/mol. The number of hydrogen-bond donors (Lipinski definition) is 1. The number of nitrogens with one attached hydrogen (secondary N) is 1. The van der Waals surface area contributed by atoms with Gasteiger partial charge in [-0.1, -0.05) is 37.2 Å². The number of benzene rings is 1. The Balaban J connectivity index is 1.99. The molecule has 26 heavy (non-hydrogen) atoms.